The number of nitrogens with two attached hydrogens (primary N) is 1. The first kappa shape index (κ1) is 18.5. The van der Waals surface area contributed by atoms with Gasteiger partial charge in [0, 0.05) is 6.42 Å². The maximum atomic E-state index is 12.1. The Hall–Kier alpha value is -1.53. The van der Waals surface area contributed by atoms with Crippen LogP contribution in [0.2, 0.25) is 0 Å². The number of carbonyl (C=O) groups excluding carboxylic acids is 1. The Morgan fingerprint density at radius 1 is 1.36 bits per heavy atom. The zero-order chi connectivity index (χ0) is 17.1. The first-order valence-electron chi connectivity index (χ1n) is 6.94. The molecule has 0 spiro atoms. The molecule has 6 heteroatoms. The highest BCUT2D eigenvalue weighted by Gasteiger charge is 2.46. The molecule has 5 nitrogen and oxygen atoms in total. The molecule has 0 aromatic heterocycles. The minimum absolute atomic E-state index is 0.0164. The Morgan fingerprint density at radius 2 is 1.95 bits per heavy atom. The van der Waals surface area contributed by atoms with Crippen LogP contribution in [0.3, 0.4) is 0 Å². The van der Waals surface area contributed by atoms with E-state index in [-0.39, 0.29) is 6.42 Å². The van der Waals surface area contributed by atoms with Gasteiger partial charge in [-0.15, -0.1) is 0 Å². The molecular weight excluding hydrogens is 302 g/mol. The highest BCUT2D eigenvalue weighted by atomic mass is 32.1. The first-order chi connectivity index (χ1) is 9.95. The van der Waals surface area contributed by atoms with Crippen molar-refractivity contribution in [2.75, 3.05) is 0 Å². The number of carboxylic acid groups (broad SMARTS) is 1. The molecule has 0 aliphatic rings. The summed E-state index contributed by atoms with van der Waals surface area (Å²) in [5.74, 6) is -2.03. The van der Waals surface area contributed by atoms with Crippen LogP contribution in [0, 0.1) is 6.92 Å². The van der Waals surface area contributed by atoms with Gasteiger partial charge in [0.05, 0.1) is 0 Å². The Bertz CT molecular complexity index is 568. The van der Waals surface area contributed by atoms with Crippen molar-refractivity contribution in [3.8, 4) is 0 Å². The molecule has 0 bridgehead atoms. The van der Waals surface area contributed by atoms with Gasteiger partial charge < -0.3 is 15.6 Å². The normalized spacial score (nSPS) is 15.7. The van der Waals surface area contributed by atoms with Crippen LogP contribution >= 0.6 is 12.6 Å². The van der Waals surface area contributed by atoms with E-state index >= 15 is 0 Å². The van der Waals surface area contributed by atoms with E-state index in [0.717, 1.165) is 11.1 Å². The van der Waals surface area contributed by atoms with Crippen LogP contribution in [-0.2, 0) is 20.7 Å². The minimum Gasteiger partial charge on any atom is -0.480 e. The Balaban J connectivity index is 3.04. The molecule has 2 unspecified atom stereocenters. The van der Waals surface area contributed by atoms with Gasteiger partial charge in [-0.3, -0.25) is 9.59 Å². The molecule has 0 aliphatic carbocycles. The number of carboxylic acids is 1. The zero-order valence-electron chi connectivity index (χ0n) is 13.3. The van der Waals surface area contributed by atoms with Crippen LogP contribution in [0.1, 0.15) is 31.9 Å². The largest absolute Gasteiger partial charge is 0.480 e. The third-order valence-electron chi connectivity index (χ3n) is 3.10. The van der Waals surface area contributed by atoms with Crippen molar-refractivity contribution in [3.63, 3.8) is 0 Å². The lowest BCUT2D eigenvalue weighted by atomic mass is 9.87. The van der Waals surface area contributed by atoms with Crippen molar-refractivity contribution in [1.29, 1.82) is 0 Å². The second kappa shape index (κ2) is 6.71. The lowest BCUT2D eigenvalue weighted by Crippen LogP contribution is -2.60. The molecule has 0 heterocycles. The van der Waals surface area contributed by atoms with Crippen LogP contribution in [0.4, 0.5) is 0 Å². The van der Waals surface area contributed by atoms with E-state index in [0.29, 0.717) is 0 Å². The smallest absolute Gasteiger partial charge is 0.325 e. The Kier molecular flexibility index (Phi) is 5.65. The number of hydrogen-bond acceptors (Lipinski definition) is 5. The molecular formula is C16H23NO4S. The monoisotopic (exact) mass is 325 g/mol. The maximum absolute atomic E-state index is 12.1. The lowest BCUT2D eigenvalue weighted by molar-refractivity contribution is -0.159. The number of rotatable bonds is 5. The molecule has 122 valence electrons. The molecule has 22 heavy (non-hydrogen) atoms. The second-order valence-electron chi connectivity index (χ2n) is 6.45. The molecule has 0 saturated heterocycles. The van der Waals surface area contributed by atoms with Crippen LogP contribution in [0.15, 0.2) is 24.3 Å². The van der Waals surface area contributed by atoms with Gasteiger partial charge in [0.25, 0.3) is 0 Å². The number of thiol groups is 1. The number of benzene rings is 1. The van der Waals surface area contributed by atoms with Crippen LogP contribution in [0.25, 0.3) is 0 Å². The Labute approximate surface area is 136 Å². The number of carbonyl (C=O) groups is 2. The molecule has 0 saturated carbocycles. The number of aryl methyl sites for hydroxylation is 1. The SMILES string of the molecule is Cc1cccc(CC(N)(C(=O)O)C(S)C(=O)OC(C)(C)C)c1. The average molecular weight is 325 g/mol. The summed E-state index contributed by atoms with van der Waals surface area (Å²) in [4.78, 5) is 23.8. The van der Waals surface area contributed by atoms with Crippen molar-refractivity contribution in [3.05, 3.63) is 35.4 Å². The molecule has 3 N–H and O–H groups in total. The van der Waals surface area contributed by atoms with E-state index in [1.54, 1.807) is 26.8 Å². The van der Waals surface area contributed by atoms with E-state index in [2.05, 4.69) is 12.6 Å². The first-order valence-corrected chi connectivity index (χ1v) is 7.46. The summed E-state index contributed by atoms with van der Waals surface area (Å²) in [6, 6.07) is 7.32. The molecule has 1 rings (SSSR count). The standard InChI is InChI=1S/C16H23NO4S/c1-10-6-5-7-11(8-10)9-16(17,14(19)20)12(22)13(18)21-15(2,3)4/h5-8,12,22H,9,17H2,1-4H3,(H,19,20). The third kappa shape index (κ3) is 4.74. The van der Waals surface area contributed by atoms with Gasteiger partial charge in [0.1, 0.15) is 16.4 Å². The summed E-state index contributed by atoms with van der Waals surface area (Å²) in [6.45, 7) is 7.00. The maximum Gasteiger partial charge on any atom is 0.325 e. The highest BCUT2D eigenvalue weighted by molar-refractivity contribution is 7.82. The highest BCUT2D eigenvalue weighted by Crippen LogP contribution is 2.23. The predicted molar refractivity (Wildman–Crippen MR) is 88.1 cm³/mol. The molecule has 2 atom stereocenters. The summed E-state index contributed by atoms with van der Waals surface area (Å²) < 4.78 is 5.20. The van der Waals surface area contributed by atoms with Crippen LogP contribution in [0.5, 0.6) is 0 Å². The summed E-state index contributed by atoms with van der Waals surface area (Å²) in [5, 5.41) is 8.23. The zero-order valence-corrected chi connectivity index (χ0v) is 14.2. The fraction of sp³-hybridized carbons (Fsp3) is 0.500. The van der Waals surface area contributed by atoms with Crippen molar-refractivity contribution in [2.45, 2.75) is 50.5 Å². The van der Waals surface area contributed by atoms with E-state index < -0.39 is 28.3 Å². The van der Waals surface area contributed by atoms with E-state index in [4.69, 9.17) is 10.5 Å². The van der Waals surface area contributed by atoms with Gasteiger partial charge in [-0.05, 0) is 33.3 Å². The quantitative estimate of drug-likeness (QED) is 0.569. The van der Waals surface area contributed by atoms with Gasteiger partial charge >= 0.3 is 11.9 Å². The van der Waals surface area contributed by atoms with Crippen LogP contribution < -0.4 is 5.73 Å². The van der Waals surface area contributed by atoms with E-state index in [1.165, 1.54) is 0 Å². The molecule has 1 aromatic rings. The minimum atomic E-state index is -1.85. The summed E-state index contributed by atoms with van der Waals surface area (Å²) in [5.41, 5.74) is 5.14. The van der Waals surface area contributed by atoms with Crippen molar-refractivity contribution in [2.24, 2.45) is 5.73 Å². The molecule has 0 fully saturated rings. The molecule has 0 radical (unpaired) electrons. The summed E-state index contributed by atoms with van der Waals surface area (Å²) in [7, 11) is 0. The number of hydrogen-bond donors (Lipinski definition) is 3. The van der Waals surface area contributed by atoms with Gasteiger partial charge in [0.2, 0.25) is 0 Å². The molecule has 1 aromatic carbocycles. The number of esters is 1. The van der Waals surface area contributed by atoms with Crippen LogP contribution in [-0.4, -0.2) is 33.4 Å². The van der Waals surface area contributed by atoms with Crippen molar-refractivity contribution < 1.29 is 19.4 Å². The summed E-state index contributed by atoms with van der Waals surface area (Å²) in [6.07, 6.45) is -0.0164. The van der Waals surface area contributed by atoms with Gasteiger partial charge in [-0.25, -0.2) is 0 Å². The fourth-order valence-corrected chi connectivity index (χ4v) is 2.27. The number of aliphatic carboxylic acids is 1. The van der Waals surface area contributed by atoms with Gasteiger partial charge in [-0.1, -0.05) is 29.8 Å². The lowest BCUT2D eigenvalue weighted by Gasteiger charge is -2.31. The van der Waals surface area contributed by atoms with Gasteiger partial charge in [0.15, 0.2) is 0 Å². The van der Waals surface area contributed by atoms with E-state index in [1.807, 2.05) is 25.1 Å². The Morgan fingerprint density at radius 3 is 2.41 bits per heavy atom. The van der Waals surface area contributed by atoms with Crippen molar-refractivity contribution in [1.82, 2.24) is 0 Å². The summed E-state index contributed by atoms with van der Waals surface area (Å²) >= 11 is 4.13. The van der Waals surface area contributed by atoms with Crippen molar-refractivity contribution >= 4 is 24.6 Å². The second-order valence-corrected chi connectivity index (χ2v) is 6.96. The topological polar surface area (TPSA) is 89.6 Å². The number of ether oxygens (including phenoxy) is 1. The molecule has 0 aliphatic heterocycles. The third-order valence-corrected chi connectivity index (χ3v) is 3.77. The average Bonchev–Trinajstić information content (AvgIpc) is 2.35. The molecule has 0 amide bonds. The fourth-order valence-electron chi connectivity index (χ4n) is 2.02. The predicted octanol–water partition coefficient (Wildman–Crippen LogP) is 1.96. The van der Waals surface area contributed by atoms with E-state index in [9.17, 15) is 14.7 Å². The van der Waals surface area contributed by atoms with Gasteiger partial charge in [-0.2, -0.15) is 12.6 Å².